The molecule has 0 aliphatic carbocycles. The molecule has 1 aliphatic rings. The Labute approximate surface area is 157 Å². The quantitative estimate of drug-likeness (QED) is 0.816. The molecule has 1 aromatic carbocycles. The third-order valence-electron chi connectivity index (χ3n) is 4.64. The third kappa shape index (κ3) is 4.12. The molecule has 3 rings (SSSR count). The number of nitrogens with zero attached hydrogens (tertiary/aromatic N) is 3. The number of benzene rings is 1. The first-order chi connectivity index (χ1) is 12.6. The smallest absolute Gasteiger partial charge is 0.245 e. The van der Waals surface area contributed by atoms with E-state index in [4.69, 9.17) is 5.26 Å². The molecule has 1 fully saturated rings. The van der Waals surface area contributed by atoms with Gasteiger partial charge in [-0.05, 0) is 42.0 Å². The summed E-state index contributed by atoms with van der Waals surface area (Å²) in [6, 6.07) is 12.8. The molecule has 134 valence electrons. The summed E-state index contributed by atoms with van der Waals surface area (Å²) in [7, 11) is 1.76. The molecular weight excluding hydrogens is 346 g/mol. The van der Waals surface area contributed by atoms with Gasteiger partial charge < -0.3 is 9.80 Å². The highest BCUT2D eigenvalue weighted by Crippen LogP contribution is 2.22. The van der Waals surface area contributed by atoms with E-state index in [1.165, 1.54) is 0 Å². The van der Waals surface area contributed by atoms with Gasteiger partial charge in [0.15, 0.2) is 0 Å². The first-order valence-electron chi connectivity index (χ1n) is 8.64. The van der Waals surface area contributed by atoms with Crippen molar-refractivity contribution in [2.75, 3.05) is 13.6 Å². The van der Waals surface area contributed by atoms with Gasteiger partial charge in [0.1, 0.15) is 6.04 Å². The second kappa shape index (κ2) is 8.15. The molecule has 1 atom stereocenters. The van der Waals surface area contributed by atoms with E-state index in [2.05, 4.69) is 6.07 Å². The number of likely N-dealkylation sites (tertiary alicyclic amines) is 1. The molecule has 1 unspecified atom stereocenters. The lowest BCUT2D eigenvalue weighted by atomic mass is 10.1. The number of rotatable bonds is 5. The standard InChI is InChI=1S/C20H21N3O2S/c1-22(14-16-8-6-15(13-21)7-9-16)20(25)18-5-2-10-23(18)19(24)12-17-4-3-11-26-17/h3-4,6-9,11,18H,2,5,10,12,14H2,1H3. The van der Waals surface area contributed by atoms with Crippen LogP contribution in [0.2, 0.25) is 0 Å². The summed E-state index contributed by atoms with van der Waals surface area (Å²) in [4.78, 5) is 29.9. The van der Waals surface area contributed by atoms with Gasteiger partial charge in [-0.25, -0.2) is 0 Å². The van der Waals surface area contributed by atoms with Gasteiger partial charge in [0, 0.05) is 25.0 Å². The van der Waals surface area contributed by atoms with E-state index in [9.17, 15) is 9.59 Å². The topological polar surface area (TPSA) is 64.4 Å². The Kier molecular flexibility index (Phi) is 5.69. The predicted octanol–water partition coefficient (Wildman–Crippen LogP) is 2.81. The van der Waals surface area contributed by atoms with Crippen LogP contribution in [0, 0.1) is 11.3 Å². The van der Waals surface area contributed by atoms with Crippen LogP contribution in [0.15, 0.2) is 41.8 Å². The predicted molar refractivity (Wildman–Crippen MR) is 100 cm³/mol. The molecule has 6 heteroatoms. The molecule has 0 N–H and O–H groups in total. The van der Waals surface area contributed by atoms with Crippen LogP contribution in [0.4, 0.5) is 0 Å². The maximum absolute atomic E-state index is 12.9. The molecule has 0 spiro atoms. The molecule has 0 bridgehead atoms. The molecule has 0 radical (unpaired) electrons. The highest BCUT2D eigenvalue weighted by Gasteiger charge is 2.35. The average molecular weight is 367 g/mol. The van der Waals surface area contributed by atoms with Gasteiger partial charge in [0.2, 0.25) is 11.8 Å². The lowest BCUT2D eigenvalue weighted by Gasteiger charge is -2.28. The Morgan fingerprint density at radius 2 is 2.08 bits per heavy atom. The summed E-state index contributed by atoms with van der Waals surface area (Å²) in [5.74, 6) is 0.00135. The van der Waals surface area contributed by atoms with Crippen LogP contribution in [-0.2, 0) is 22.6 Å². The van der Waals surface area contributed by atoms with Crippen LogP contribution in [0.3, 0.4) is 0 Å². The van der Waals surface area contributed by atoms with Gasteiger partial charge in [-0.3, -0.25) is 9.59 Å². The largest absolute Gasteiger partial charge is 0.340 e. The van der Waals surface area contributed by atoms with Crippen molar-refractivity contribution in [3.8, 4) is 6.07 Å². The lowest BCUT2D eigenvalue weighted by Crippen LogP contribution is -2.46. The summed E-state index contributed by atoms with van der Waals surface area (Å²) < 4.78 is 0. The van der Waals surface area contributed by atoms with Crippen molar-refractivity contribution in [3.05, 3.63) is 57.8 Å². The number of amides is 2. The molecule has 5 nitrogen and oxygen atoms in total. The Bertz CT molecular complexity index is 809. The number of carbonyl (C=O) groups is 2. The minimum atomic E-state index is -0.370. The van der Waals surface area contributed by atoms with Crippen LogP contribution in [0.1, 0.15) is 28.8 Å². The number of carbonyl (C=O) groups excluding carboxylic acids is 2. The Morgan fingerprint density at radius 3 is 2.73 bits per heavy atom. The molecule has 26 heavy (non-hydrogen) atoms. The third-order valence-corrected chi connectivity index (χ3v) is 5.52. The van der Waals surface area contributed by atoms with Gasteiger partial charge in [-0.15, -0.1) is 11.3 Å². The summed E-state index contributed by atoms with van der Waals surface area (Å²) in [6.07, 6.45) is 1.94. The first-order valence-corrected chi connectivity index (χ1v) is 9.52. The molecule has 2 amide bonds. The van der Waals surface area contributed by atoms with E-state index >= 15 is 0 Å². The molecule has 0 saturated carbocycles. The zero-order chi connectivity index (χ0) is 18.5. The van der Waals surface area contributed by atoms with Gasteiger partial charge in [-0.1, -0.05) is 18.2 Å². The van der Waals surface area contributed by atoms with Crippen molar-refractivity contribution >= 4 is 23.2 Å². The van der Waals surface area contributed by atoms with Crippen molar-refractivity contribution in [2.24, 2.45) is 0 Å². The Morgan fingerprint density at radius 1 is 1.31 bits per heavy atom. The second-order valence-electron chi connectivity index (χ2n) is 6.50. The fourth-order valence-electron chi connectivity index (χ4n) is 3.28. The Balaban J connectivity index is 1.63. The van der Waals surface area contributed by atoms with Crippen molar-refractivity contribution in [2.45, 2.75) is 31.8 Å². The van der Waals surface area contributed by atoms with E-state index < -0.39 is 0 Å². The fourth-order valence-corrected chi connectivity index (χ4v) is 3.97. The van der Waals surface area contributed by atoms with Crippen molar-refractivity contribution in [3.63, 3.8) is 0 Å². The van der Waals surface area contributed by atoms with Gasteiger partial charge in [0.25, 0.3) is 0 Å². The van der Waals surface area contributed by atoms with Crippen LogP contribution < -0.4 is 0 Å². The second-order valence-corrected chi connectivity index (χ2v) is 7.54. The van der Waals surface area contributed by atoms with E-state index in [1.54, 1.807) is 40.3 Å². The maximum atomic E-state index is 12.9. The van der Waals surface area contributed by atoms with Crippen molar-refractivity contribution < 1.29 is 9.59 Å². The van der Waals surface area contributed by atoms with E-state index in [-0.39, 0.29) is 17.9 Å². The van der Waals surface area contributed by atoms with Crippen LogP contribution >= 0.6 is 11.3 Å². The zero-order valence-electron chi connectivity index (χ0n) is 14.7. The molecule has 1 aliphatic heterocycles. The molecule has 1 saturated heterocycles. The summed E-state index contributed by atoms with van der Waals surface area (Å²) >= 11 is 1.56. The highest BCUT2D eigenvalue weighted by molar-refractivity contribution is 7.10. The normalized spacial score (nSPS) is 16.3. The molecule has 2 heterocycles. The SMILES string of the molecule is CN(Cc1ccc(C#N)cc1)C(=O)C1CCCN1C(=O)Cc1cccs1. The molecule has 1 aromatic heterocycles. The summed E-state index contributed by atoms with van der Waals surface area (Å²) in [5, 5.41) is 10.8. The average Bonchev–Trinajstić information content (AvgIpc) is 3.33. The van der Waals surface area contributed by atoms with E-state index in [0.717, 1.165) is 16.9 Å². The monoisotopic (exact) mass is 367 g/mol. The summed E-state index contributed by atoms with van der Waals surface area (Å²) in [5.41, 5.74) is 1.57. The number of thiophene rings is 1. The van der Waals surface area contributed by atoms with Crippen LogP contribution in [-0.4, -0.2) is 41.2 Å². The Hall–Kier alpha value is -2.65. The minimum absolute atomic E-state index is 0.0219. The van der Waals surface area contributed by atoms with Crippen LogP contribution in [0.25, 0.3) is 0 Å². The van der Waals surface area contributed by atoms with E-state index in [0.29, 0.717) is 31.5 Å². The fraction of sp³-hybridized carbons (Fsp3) is 0.350. The number of hydrogen-bond acceptors (Lipinski definition) is 4. The number of nitriles is 1. The summed E-state index contributed by atoms with van der Waals surface area (Å²) in [6.45, 7) is 1.11. The minimum Gasteiger partial charge on any atom is -0.340 e. The zero-order valence-corrected chi connectivity index (χ0v) is 15.5. The molecular formula is C20H21N3O2S. The van der Waals surface area contributed by atoms with Crippen molar-refractivity contribution in [1.82, 2.24) is 9.80 Å². The number of likely N-dealkylation sites (N-methyl/N-ethyl adjacent to an activating group) is 1. The van der Waals surface area contributed by atoms with Gasteiger partial charge in [0.05, 0.1) is 18.1 Å². The highest BCUT2D eigenvalue weighted by atomic mass is 32.1. The van der Waals surface area contributed by atoms with Crippen molar-refractivity contribution in [1.29, 1.82) is 5.26 Å². The van der Waals surface area contributed by atoms with Gasteiger partial charge in [-0.2, -0.15) is 5.26 Å². The van der Waals surface area contributed by atoms with E-state index in [1.807, 2.05) is 29.6 Å². The van der Waals surface area contributed by atoms with Gasteiger partial charge >= 0.3 is 0 Å². The van der Waals surface area contributed by atoms with Crippen LogP contribution in [0.5, 0.6) is 0 Å². The maximum Gasteiger partial charge on any atom is 0.245 e. The molecule has 2 aromatic rings. The first kappa shape index (κ1) is 18.2. The lowest BCUT2D eigenvalue weighted by molar-refractivity contribution is -0.143. The number of hydrogen-bond donors (Lipinski definition) is 0.